The van der Waals surface area contributed by atoms with Crippen molar-refractivity contribution >= 4 is 5.69 Å². The number of fused-ring (bicyclic) bond motifs is 1. The summed E-state index contributed by atoms with van der Waals surface area (Å²) in [5, 5.41) is 3.46. The average Bonchev–Trinajstić information content (AvgIpc) is 2.46. The summed E-state index contributed by atoms with van der Waals surface area (Å²) in [6.45, 7) is 0. The highest BCUT2D eigenvalue weighted by molar-refractivity contribution is 5.53. The number of rotatable bonds is 3. The van der Waals surface area contributed by atoms with Crippen LogP contribution >= 0.6 is 0 Å². The smallest absolute Gasteiger partial charge is 0.129 e. The molecule has 1 heterocycles. The Morgan fingerprint density at radius 1 is 1.00 bits per heavy atom. The fourth-order valence-corrected chi connectivity index (χ4v) is 2.81. The number of halogens is 2. The molecule has 0 saturated carbocycles. The monoisotopic (exact) mass is 273 g/mol. The molecule has 3 rings (SSSR count). The molecule has 0 spiro atoms. The van der Waals surface area contributed by atoms with Gasteiger partial charge in [0.25, 0.3) is 0 Å². The minimum absolute atomic E-state index is 0.202. The zero-order valence-electron chi connectivity index (χ0n) is 11.2. The maximum absolute atomic E-state index is 13.6. The molecule has 1 aliphatic heterocycles. The Labute approximate surface area is 117 Å². The van der Waals surface area contributed by atoms with Gasteiger partial charge in [-0.15, -0.1) is 0 Å². The normalized spacial score (nSPS) is 17.4. The number of para-hydroxylation sites is 1. The predicted octanol–water partition coefficient (Wildman–Crippen LogP) is 4.32. The SMILES string of the molecule is Fc1cccc(F)c1CCC1CCc2ccccc2N1. The second-order valence-electron chi connectivity index (χ2n) is 5.28. The molecule has 0 saturated heterocycles. The van der Waals surface area contributed by atoms with Crippen LogP contribution in [0.3, 0.4) is 0 Å². The standard InChI is InChI=1S/C17H17F2N/c18-15-5-3-6-16(19)14(15)11-10-13-9-8-12-4-1-2-7-17(12)20-13/h1-7,13,20H,8-11H2. The highest BCUT2D eigenvalue weighted by Gasteiger charge is 2.18. The molecular weight excluding hydrogens is 256 g/mol. The van der Waals surface area contributed by atoms with Crippen LogP contribution in [-0.2, 0) is 12.8 Å². The van der Waals surface area contributed by atoms with Gasteiger partial charge < -0.3 is 5.32 Å². The van der Waals surface area contributed by atoms with E-state index in [0.717, 1.165) is 24.9 Å². The lowest BCUT2D eigenvalue weighted by atomic mass is 9.94. The van der Waals surface area contributed by atoms with Crippen LogP contribution in [0.2, 0.25) is 0 Å². The Balaban J connectivity index is 1.66. The zero-order valence-corrected chi connectivity index (χ0v) is 11.2. The maximum Gasteiger partial charge on any atom is 0.129 e. The average molecular weight is 273 g/mol. The topological polar surface area (TPSA) is 12.0 Å². The van der Waals surface area contributed by atoms with E-state index in [9.17, 15) is 8.78 Å². The fourth-order valence-electron chi connectivity index (χ4n) is 2.81. The molecule has 0 bridgehead atoms. The van der Waals surface area contributed by atoms with Crippen LogP contribution in [0.5, 0.6) is 0 Å². The van der Waals surface area contributed by atoms with Crippen molar-refractivity contribution in [1.29, 1.82) is 0 Å². The van der Waals surface area contributed by atoms with Crippen LogP contribution in [0.4, 0.5) is 14.5 Å². The Morgan fingerprint density at radius 2 is 1.75 bits per heavy atom. The summed E-state index contributed by atoms with van der Waals surface area (Å²) in [6.07, 6.45) is 3.20. The van der Waals surface area contributed by atoms with Crippen LogP contribution in [0.15, 0.2) is 42.5 Å². The molecule has 1 N–H and O–H groups in total. The van der Waals surface area contributed by atoms with E-state index in [4.69, 9.17) is 0 Å². The van der Waals surface area contributed by atoms with Crippen LogP contribution in [0.1, 0.15) is 24.0 Å². The Morgan fingerprint density at radius 3 is 2.55 bits per heavy atom. The van der Waals surface area contributed by atoms with Crippen LogP contribution < -0.4 is 5.32 Å². The quantitative estimate of drug-likeness (QED) is 0.878. The van der Waals surface area contributed by atoms with Crippen LogP contribution in [-0.4, -0.2) is 6.04 Å². The predicted molar refractivity (Wildman–Crippen MR) is 76.9 cm³/mol. The van der Waals surface area contributed by atoms with E-state index >= 15 is 0 Å². The van der Waals surface area contributed by atoms with E-state index in [0.29, 0.717) is 6.42 Å². The molecule has 1 atom stereocenters. The summed E-state index contributed by atoms with van der Waals surface area (Å²) >= 11 is 0. The molecule has 1 unspecified atom stereocenters. The summed E-state index contributed by atoms with van der Waals surface area (Å²) < 4.78 is 27.2. The summed E-state index contributed by atoms with van der Waals surface area (Å²) in [7, 11) is 0. The Bertz CT molecular complexity index is 589. The van der Waals surface area contributed by atoms with Gasteiger partial charge in [-0.25, -0.2) is 8.78 Å². The van der Waals surface area contributed by atoms with Crippen molar-refractivity contribution in [3.8, 4) is 0 Å². The number of nitrogens with one attached hydrogen (secondary N) is 1. The van der Waals surface area contributed by atoms with Gasteiger partial charge in [-0.3, -0.25) is 0 Å². The molecule has 0 fully saturated rings. The molecule has 0 aromatic heterocycles. The lowest BCUT2D eigenvalue weighted by Crippen LogP contribution is -2.26. The number of benzene rings is 2. The molecule has 1 aliphatic rings. The third-order valence-electron chi connectivity index (χ3n) is 3.94. The van der Waals surface area contributed by atoms with Crippen molar-refractivity contribution in [3.05, 3.63) is 65.2 Å². The van der Waals surface area contributed by atoms with Crippen molar-refractivity contribution < 1.29 is 8.78 Å². The second-order valence-corrected chi connectivity index (χ2v) is 5.28. The largest absolute Gasteiger partial charge is 0.382 e. The second kappa shape index (κ2) is 5.61. The molecule has 3 heteroatoms. The molecule has 0 radical (unpaired) electrons. The fraction of sp³-hybridized carbons (Fsp3) is 0.294. The van der Waals surface area contributed by atoms with Crippen LogP contribution in [0.25, 0.3) is 0 Å². The van der Waals surface area contributed by atoms with Gasteiger partial charge in [0.2, 0.25) is 0 Å². The first-order chi connectivity index (χ1) is 9.74. The van der Waals surface area contributed by atoms with Crippen molar-refractivity contribution in [1.82, 2.24) is 0 Å². The lowest BCUT2D eigenvalue weighted by Gasteiger charge is -2.27. The molecule has 2 aromatic carbocycles. The van der Waals surface area contributed by atoms with E-state index in [1.807, 2.05) is 12.1 Å². The number of aryl methyl sites for hydroxylation is 1. The van der Waals surface area contributed by atoms with Crippen molar-refractivity contribution in [2.75, 3.05) is 5.32 Å². The van der Waals surface area contributed by atoms with Gasteiger partial charge in [0.1, 0.15) is 11.6 Å². The molecule has 20 heavy (non-hydrogen) atoms. The molecule has 0 aliphatic carbocycles. The zero-order chi connectivity index (χ0) is 13.9. The van der Waals surface area contributed by atoms with Gasteiger partial charge in [-0.1, -0.05) is 24.3 Å². The van der Waals surface area contributed by atoms with E-state index in [1.165, 1.54) is 23.8 Å². The van der Waals surface area contributed by atoms with Gasteiger partial charge in [-0.2, -0.15) is 0 Å². The highest BCUT2D eigenvalue weighted by atomic mass is 19.1. The van der Waals surface area contributed by atoms with Gasteiger partial charge in [0.05, 0.1) is 0 Å². The van der Waals surface area contributed by atoms with Gasteiger partial charge >= 0.3 is 0 Å². The van der Waals surface area contributed by atoms with E-state index < -0.39 is 11.6 Å². The van der Waals surface area contributed by atoms with Gasteiger partial charge in [0, 0.05) is 17.3 Å². The highest BCUT2D eigenvalue weighted by Crippen LogP contribution is 2.26. The van der Waals surface area contributed by atoms with Gasteiger partial charge in [0.15, 0.2) is 0 Å². The minimum Gasteiger partial charge on any atom is -0.382 e. The Hall–Kier alpha value is -1.90. The summed E-state index contributed by atoms with van der Waals surface area (Å²) in [4.78, 5) is 0. The third-order valence-corrected chi connectivity index (χ3v) is 3.94. The van der Waals surface area contributed by atoms with E-state index in [-0.39, 0.29) is 11.6 Å². The number of anilines is 1. The minimum atomic E-state index is -0.443. The molecular formula is C17H17F2N. The van der Waals surface area contributed by atoms with Gasteiger partial charge in [-0.05, 0) is 49.4 Å². The van der Waals surface area contributed by atoms with E-state index in [1.54, 1.807) is 0 Å². The first-order valence-corrected chi connectivity index (χ1v) is 7.01. The lowest BCUT2D eigenvalue weighted by molar-refractivity contribution is 0.528. The summed E-state index contributed by atoms with van der Waals surface area (Å²) in [6, 6.07) is 12.6. The molecule has 104 valence electrons. The molecule has 2 aromatic rings. The number of hydrogen-bond donors (Lipinski definition) is 1. The first-order valence-electron chi connectivity index (χ1n) is 7.01. The third kappa shape index (κ3) is 2.67. The van der Waals surface area contributed by atoms with Crippen molar-refractivity contribution in [2.45, 2.75) is 31.7 Å². The number of hydrogen-bond acceptors (Lipinski definition) is 1. The van der Waals surface area contributed by atoms with Crippen molar-refractivity contribution in [2.24, 2.45) is 0 Å². The summed E-state index contributed by atoms with van der Waals surface area (Å²) in [5.74, 6) is -0.887. The maximum atomic E-state index is 13.6. The Kier molecular flexibility index (Phi) is 3.68. The molecule has 1 nitrogen and oxygen atoms in total. The van der Waals surface area contributed by atoms with Crippen LogP contribution in [0, 0.1) is 11.6 Å². The molecule has 0 amide bonds. The first kappa shape index (κ1) is 13.1. The van der Waals surface area contributed by atoms with Crippen molar-refractivity contribution in [3.63, 3.8) is 0 Å². The van der Waals surface area contributed by atoms with E-state index in [2.05, 4.69) is 17.4 Å². The summed E-state index contributed by atoms with van der Waals surface area (Å²) in [5.41, 5.74) is 2.67.